The highest BCUT2D eigenvalue weighted by molar-refractivity contribution is 6.31. The summed E-state index contributed by atoms with van der Waals surface area (Å²) < 4.78 is 0. The third kappa shape index (κ3) is 1.42. The van der Waals surface area contributed by atoms with Gasteiger partial charge in [0.05, 0.1) is 11.0 Å². The average Bonchev–Trinajstić information content (AvgIpc) is 2.08. The molecule has 0 bridgehead atoms. The smallest absolute Gasteiger partial charge is 0.171 e. The molecular formula is C9H8ClN3. The number of aryl methyl sites for hydroxylation is 1. The first-order chi connectivity index (χ1) is 6.16. The molecule has 0 aliphatic heterocycles. The predicted octanol–water partition coefficient (Wildman–Crippen LogP) is 2.17. The van der Waals surface area contributed by atoms with E-state index in [1.54, 1.807) is 0 Å². The van der Waals surface area contributed by atoms with Gasteiger partial charge < -0.3 is 5.73 Å². The monoisotopic (exact) mass is 193 g/mol. The van der Waals surface area contributed by atoms with Crippen molar-refractivity contribution in [3.8, 4) is 0 Å². The first kappa shape index (κ1) is 8.26. The second-order valence-corrected chi connectivity index (χ2v) is 3.25. The molecule has 3 nitrogen and oxygen atoms in total. The largest absolute Gasteiger partial charge is 0.381 e. The third-order valence-corrected chi connectivity index (χ3v) is 2.08. The van der Waals surface area contributed by atoms with Gasteiger partial charge in [0.1, 0.15) is 0 Å². The van der Waals surface area contributed by atoms with E-state index < -0.39 is 0 Å². The number of benzene rings is 1. The summed E-state index contributed by atoms with van der Waals surface area (Å²) in [6.45, 7) is 1.99. The summed E-state index contributed by atoms with van der Waals surface area (Å²) in [5.41, 5.74) is 8.21. The third-order valence-electron chi connectivity index (χ3n) is 1.80. The van der Waals surface area contributed by atoms with Crippen LogP contribution < -0.4 is 5.73 Å². The average molecular weight is 194 g/mol. The Kier molecular flexibility index (Phi) is 1.81. The molecule has 0 radical (unpaired) electrons. The van der Waals surface area contributed by atoms with Crippen molar-refractivity contribution < 1.29 is 0 Å². The van der Waals surface area contributed by atoms with Crippen LogP contribution in [-0.2, 0) is 0 Å². The van der Waals surface area contributed by atoms with Crippen molar-refractivity contribution in [1.82, 2.24) is 9.97 Å². The van der Waals surface area contributed by atoms with Crippen molar-refractivity contribution in [3.63, 3.8) is 0 Å². The normalized spacial score (nSPS) is 10.6. The van der Waals surface area contributed by atoms with Crippen molar-refractivity contribution >= 4 is 28.5 Å². The van der Waals surface area contributed by atoms with E-state index in [4.69, 9.17) is 17.3 Å². The minimum absolute atomic E-state index is 0.261. The van der Waals surface area contributed by atoms with Crippen LogP contribution in [0.25, 0.3) is 11.0 Å². The first-order valence-electron chi connectivity index (χ1n) is 3.86. The standard InChI is InChI=1S/C9H8ClN3/c1-5-2-3-6-7(4-5)13-9(11)8(10)12-6/h2-4H,1H3,(H2,11,13). The number of hydrogen-bond acceptors (Lipinski definition) is 3. The molecule has 1 aromatic carbocycles. The maximum Gasteiger partial charge on any atom is 0.171 e. The van der Waals surface area contributed by atoms with E-state index in [0.29, 0.717) is 0 Å². The van der Waals surface area contributed by atoms with Crippen LogP contribution in [0.3, 0.4) is 0 Å². The SMILES string of the molecule is Cc1ccc2nc(Cl)c(N)nc2c1. The van der Waals surface area contributed by atoms with E-state index in [1.807, 2.05) is 25.1 Å². The van der Waals surface area contributed by atoms with Crippen LogP contribution in [0.2, 0.25) is 5.15 Å². The lowest BCUT2D eigenvalue weighted by atomic mass is 10.2. The van der Waals surface area contributed by atoms with Gasteiger partial charge in [-0.3, -0.25) is 0 Å². The zero-order valence-electron chi connectivity index (χ0n) is 7.08. The number of fused-ring (bicyclic) bond motifs is 1. The Morgan fingerprint density at radius 1 is 1.23 bits per heavy atom. The Balaban J connectivity index is 2.81. The number of halogens is 1. The zero-order valence-corrected chi connectivity index (χ0v) is 7.84. The highest BCUT2D eigenvalue weighted by Crippen LogP contribution is 2.18. The number of rotatable bonds is 0. The molecule has 1 aromatic heterocycles. The molecule has 0 saturated carbocycles. The fourth-order valence-corrected chi connectivity index (χ4v) is 1.29. The molecule has 1 heterocycles. The van der Waals surface area contributed by atoms with Gasteiger partial charge in [0.25, 0.3) is 0 Å². The summed E-state index contributed by atoms with van der Waals surface area (Å²) in [5, 5.41) is 0.261. The molecule has 0 atom stereocenters. The number of aromatic nitrogens is 2. The Labute approximate surface area is 80.6 Å². The second-order valence-electron chi connectivity index (χ2n) is 2.89. The molecule has 13 heavy (non-hydrogen) atoms. The van der Waals surface area contributed by atoms with E-state index >= 15 is 0 Å². The zero-order chi connectivity index (χ0) is 9.42. The lowest BCUT2D eigenvalue weighted by molar-refractivity contribution is 1.29. The van der Waals surface area contributed by atoms with Crippen molar-refractivity contribution in [3.05, 3.63) is 28.9 Å². The van der Waals surface area contributed by atoms with Gasteiger partial charge in [0.15, 0.2) is 11.0 Å². The molecule has 0 aliphatic carbocycles. The van der Waals surface area contributed by atoms with Crippen LogP contribution in [0.1, 0.15) is 5.56 Å². The highest BCUT2D eigenvalue weighted by Gasteiger charge is 2.02. The van der Waals surface area contributed by atoms with Gasteiger partial charge in [0, 0.05) is 0 Å². The van der Waals surface area contributed by atoms with Crippen molar-refractivity contribution in [1.29, 1.82) is 0 Å². The van der Waals surface area contributed by atoms with Gasteiger partial charge in [-0.2, -0.15) is 0 Å². The Morgan fingerprint density at radius 3 is 2.77 bits per heavy atom. The van der Waals surface area contributed by atoms with Crippen LogP contribution in [0.4, 0.5) is 5.82 Å². The van der Waals surface area contributed by atoms with Gasteiger partial charge in [-0.25, -0.2) is 9.97 Å². The van der Waals surface area contributed by atoms with E-state index in [-0.39, 0.29) is 11.0 Å². The summed E-state index contributed by atoms with van der Waals surface area (Å²) in [7, 11) is 0. The number of nitrogens with zero attached hydrogens (tertiary/aromatic N) is 2. The Morgan fingerprint density at radius 2 is 2.00 bits per heavy atom. The molecule has 4 heteroatoms. The molecule has 2 N–H and O–H groups in total. The maximum atomic E-state index is 5.73. The second kappa shape index (κ2) is 2.85. The summed E-state index contributed by atoms with van der Waals surface area (Å²) >= 11 is 5.73. The summed E-state index contributed by atoms with van der Waals surface area (Å²) in [4.78, 5) is 8.21. The van der Waals surface area contributed by atoms with Gasteiger partial charge in [-0.1, -0.05) is 17.7 Å². The van der Waals surface area contributed by atoms with Crippen LogP contribution in [0.15, 0.2) is 18.2 Å². The van der Waals surface area contributed by atoms with Crippen LogP contribution in [-0.4, -0.2) is 9.97 Å². The fourth-order valence-electron chi connectivity index (χ4n) is 1.16. The predicted molar refractivity (Wildman–Crippen MR) is 53.7 cm³/mol. The minimum atomic E-state index is 0.261. The number of hydrogen-bond donors (Lipinski definition) is 1. The Bertz CT molecular complexity index is 468. The van der Waals surface area contributed by atoms with E-state index in [2.05, 4.69) is 9.97 Å². The highest BCUT2D eigenvalue weighted by atomic mass is 35.5. The molecule has 0 aliphatic rings. The molecule has 0 spiro atoms. The summed E-state index contributed by atoms with van der Waals surface area (Å²) in [6, 6.07) is 5.77. The van der Waals surface area contributed by atoms with E-state index in [9.17, 15) is 0 Å². The fraction of sp³-hybridized carbons (Fsp3) is 0.111. The Hall–Kier alpha value is -1.35. The van der Waals surface area contributed by atoms with Gasteiger partial charge in [0.2, 0.25) is 0 Å². The minimum Gasteiger partial charge on any atom is -0.381 e. The molecule has 0 unspecified atom stereocenters. The van der Waals surface area contributed by atoms with Crippen LogP contribution >= 0.6 is 11.6 Å². The first-order valence-corrected chi connectivity index (χ1v) is 4.24. The molecule has 0 fully saturated rings. The van der Waals surface area contributed by atoms with Crippen LogP contribution in [0, 0.1) is 6.92 Å². The summed E-state index contributed by atoms with van der Waals surface area (Å²) in [5.74, 6) is 0.278. The molecule has 2 rings (SSSR count). The number of nitrogens with two attached hydrogens (primary N) is 1. The molecule has 66 valence electrons. The van der Waals surface area contributed by atoms with Crippen molar-refractivity contribution in [2.75, 3.05) is 5.73 Å². The van der Waals surface area contributed by atoms with E-state index in [0.717, 1.165) is 16.6 Å². The van der Waals surface area contributed by atoms with Gasteiger partial charge in [-0.15, -0.1) is 0 Å². The molecule has 0 saturated heterocycles. The molecule has 0 amide bonds. The lowest BCUT2D eigenvalue weighted by Gasteiger charge is -2.00. The van der Waals surface area contributed by atoms with Gasteiger partial charge in [-0.05, 0) is 24.6 Å². The summed E-state index contributed by atoms with van der Waals surface area (Å²) in [6.07, 6.45) is 0. The quantitative estimate of drug-likeness (QED) is 0.698. The maximum absolute atomic E-state index is 5.73. The van der Waals surface area contributed by atoms with Gasteiger partial charge >= 0.3 is 0 Å². The molecule has 2 aromatic rings. The van der Waals surface area contributed by atoms with Crippen LogP contribution in [0.5, 0.6) is 0 Å². The van der Waals surface area contributed by atoms with Crippen molar-refractivity contribution in [2.45, 2.75) is 6.92 Å². The number of nitrogen functional groups attached to an aromatic ring is 1. The lowest BCUT2D eigenvalue weighted by Crippen LogP contribution is -1.95. The van der Waals surface area contributed by atoms with Crippen molar-refractivity contribution in [2.24, 2.45) is 0 Å². The number of anilines is 1. The topological polar surface area (TPSA) is 51.8 Å². The molecular weight excluding hydrogens is 186 g/mol. The van der Waals surface area contributed by atoms with E-state index in [1.165, 1.54) is 0 Å².